The fraction of sp³-hybridized carbons (Fsp3) is 0. The molecule has 1 aromatic carbocycles. The monoisotopic (exact) mass is 266 g/mol. The van der Waals surface area contributed by atoms with Gasteiger partial charge >= 0.3 is 0 Å². The third kappa shape index (κ3) is 2.99. The van der Waals surface area contributed by atoms with Crippen LogP contribution in [0.5, 0.6) is 0 Å². The van der Waals surface area contributed by atoms with Crippen molar-refractivity contribution in [1.29, 1.82) is 0 Å². The van der Waals surface area contributed by atoms with Crippen molar-refractivity contribution in [1.82, 2.24) is 19.9 Å². The molecule has 8 heteroatoms. The van der Waals surface area contributed by atoms with Crippen LogP contribution < -0.4 is 0 Å². The fourth-order valence-electron chi connectivity index (χ4n) is 1.42. The van der Waals surface area contributed by atoms with Crippen molar-refractivity contribution < 1.29 is 0 Å². The summed E-state index contributed by atoms with van der Waals surface area (Å²) in [4.78, 5) is 13.6. The van der Waals surface area contributed by atoms with E-state index < -0.39 is 0 Å². The van der Waals surface area contributed by atoms with Gasteiger partial charge in [-0.25, -0.2) is 9.97 Å². The number of imidazole rings is 2. The highest BCUT2D eigenvalue weighted by Gasteiger charge is 1.94. The minimum absolute atomic E-state index is 0.464. The van der Waals surface area contributed by atoms with Gasteiger partial charge in [0.15, 0.2) is 0 Å². The Hall–Kier alpha value is -3.16. The average molecular weight is 266 g/mol. The summed E-state index contributed by atoms with van der Waals surface area (Å²) < 4.78 is 0. The quantitative estimate of drug-likeness (QED) is 0.697. The Balaban J connectivity index is 1.68. The molecule has 0 radical (unpaired) electrons. The van der Waals surface area contributed by atoms with Gasteiger partial charge in [0.2, 0.25) is 11.9 Å². The van der Waals surface area contributed by atoms with E-state index >= 15 is 0 Å². The predicted octanol–water partition coefficient (Wildman–Crippen LogP) is 3.96. The number of benzene rings is 1. The first kappa shape index (κ1) is 11.9. The van der Waals surface area contributed by atoms with E-state index in [-0.39, 0.29) is 0 Å². The second-order valence-electron chi connectivity index (χ2n) is 3.74. The molecule has 0 aliphatic carbocycles. The van der Waals surface area contributed by atoms with Gasteiger partial charge in [-0.1, -0.05) is 0 Å². The van der Waals surface area contributed by atoms with Crippen molar-refractivity contribution in [2.45, 2.75) is 0 Å². The summed E-state index contributed by atoms with van der Waals surface area (Å²) in [5, 5.41) is 16.0. The van der Waals surface area contributed by atoms with Gasteiger partial charge in [0.1, 0.15) is 0 Å². The topological polar surface area (TPSA) is 107 Å². The molecule has 0 spiro atoms. The van der Waals surface area contributed by atoms with Crippen molar-refractivity contribution in [2.24, 2.45) is 20.5 Å². The lowest BCUT2D eigenvalue weighted by molar-refractivity contribution is 1.11. The largest absolute Gasteiger partial charge is 0.328 e. The molecule has 0 saturated carbocycles. The molecule has 0 aliphatic rings. The van der Waals surface area contributed by atoms with Gasteiger partial charge in [0, 0.05) is 24.8 Å². The van der Waals surface area contributed by atoms with E-state index in [9.17, 15) is 0 Å². The maximum Gasteiger partial charge on any atom is 0.246 e. The molecule has 2 N–H and O–H groups in total. The molecule has 2 heterocycles. The number of hydrogen-bond acceptors (Lipinski definition) is 6. The lowest BCUT2D eigenvalue weighted by Crippen LogP contribution is -1.67. The molecule has 3 rings (SSSR count). The van der Waals surface area contributed by atoms with Crippen LogP contribution in [0, 0.1) is 0 Å². The first-order chi connectivity index (χ1) is 9.90. The highest BCUT2D eigenvalue weighted by molar-refractivity contribution is 5.47. The van der Waals surface area contributed by atoms with Gasteiger partial charge < -0.3 is 9.97 Å². The normalized spacial score (nSPS) is 11.6. The molecule has 0 amide bonds. The van der Waals surface area contributed by atoms with Crippen LogP contribution in [0.4, 0.5) is 23.3 Å². The van der Waals surface area contributed by atoms with Crippen LogP contribution in [-0.2, 0) is 0 Å². The van der Waals surface area contributed by atoms with Crippen LogP contribution >= 0.6 is 0 Å². The molecular formula is C12H10N8. The molecule has 0 bridgehead atoms. The van der Waals surface area contributed by atoms with Crippen LogP contribution in [0.1, 0.15) is 0 Å². The number of azo groups is 2. The molecule has 0 saturated heterocycles. The van der Waals surface area contributed by atoms with Crippen LogP contribution in [-0.4, -0.2) is 19.9 Å². The van der Waals surface area contributed by atoms with Crippen LogP contribution in [0.15, 0.2) is 69.5 Å². The Morgan fingerprint density at radius 3 is 1.45 bits per heavy atom. The van der Waals surface area contributed by atoms with Gasteiger partial charge in [-0.2, -0.15) is 0 Å². The van der Waals surface area contributed by atoms with Crippen molar-refractivity contribution in [3.05, 3.63) is 49.1 Å². The molecular weight excluding hydrogens is 256 g/mol. The van der Waals surface area contributed by atoms with Crippen molar-refractivity contribution in [3.8, 4) is 0 Å². The molecule has 98 valence electrons. The van der Waals surface area contributed by atoms with E-state index in [1.54, 1.807) is 49.1 Å². The zero-order valence-corrected chi connectivity index (χ0v) is 10.3. The molecule has 0 aliphatic heterocycles. The van der Waals surface area contributed by atoms with Crippen LogP contribution in [0.25, 0.3) is 0 Å². The Morgan fingerprint density at radius 1 is 0.650 bits per heavy atom. The first-order valence-electron chi connectivity index (χ1n) is 5.82. The SMILES string of the molecule is c1c[nH]c(N=Nc2ccc(N=Nc3ncc[nH]3)cc2)n1. The zero-order chi connectivity index (χ0) is 13.6. The maximum absolute atomic E-state index is 4.04. The van der Waals surface area contributed by atoms with Gasteiger partial charge in [0.25, 0.3) is 0 Å². The van der Waals surface area contributed by atoms with Gasteiger partial charge in [-0.3, -0.25) is 0 Å². The molecule has 20 heavy (non-hydrogen) atoms. The number of aromatic amines is 2. The zero-order valence-electron chi connectivity index (χ0n) is 10.3. The van der Waals surface area contributed by atoms with Gasteiger partial charge in [-0.05, 0) is 24.3 Å². The Bertz CT molecular complexity index is 631. The van der Waals surface area contributed by atoms with E-state index in [2.05, 4.69) is 40.4 Å². The van der Waals surface area contributed by atoms with Crippen molar-refractivity contribution in [3.63, 3.8) is 0 Å². The highest BCUT2D eigenvalue weighted by Crippen LogP contribution is 2.21. The van der Waals surface area contributed by atoms with E-state index in [4.69, 9.17) is 0 Å². The van der Waals surface area contributed by atoms with Crippen molar-refractivity contribution in [2.75, 3.05) is 0 Å². The Morgan fingerprint density at radius 2 is 1.10 bits per heavy atom. The summed E-state index contributed by atoms with van der Waals surface area (Å²) in [5.74, 6) is 0.929. The second-order valence-corrected chi connectivity index (χ2v) is 3.74. The lowest BCUT2D eigenvalue weighted by Gasteiger charge is -1.93. The Labute approximate surface area is 113 Å². The summed E-state index contributed by atoms with van der Waals surface area (Å²) in [6.45, 7) is 0. The Kier molecular flexibility index (Phi) is 3.36. The summed E-state index contributed by atoms with van der Waals surface area (Å²) in [7, 11) is 0. The number of rotatable bonds is 4. The first-order valence-corrected chi connectivity index (χ1v) is 5.82. The van der Waals surface area contributed by atoms with E-state index in [0.717, 1.165) is 0 Å². The lowest BCUT2D eigenvalue weighted by atomic mass is 10.3. The second kappa shape index (κ2) is 5.65. The molecule has 8 nitrogen and oxygen atoms in total. The summed E-state index contributed by atoms with van der Waals surface area (Å²) >= 11 is 0. The number of aromatic nitrogens is 4. The van der Waals surface area contributed by atoms with E-state index in [1.165, 1.54) is 0 Å². The number of nitrogens with zero attached hydrogens (tertiary/aromatic N) is 6. The van der Waals surface area contributed by atoms with Gasteiger partial charge in [-0.15, -0.1) is 20.5 Å². The van der Waals surface area contributed by atoms with Crippen molar-refractivity contribution >= 4 is 23.3 Å². The minimum Gasteiger partial charge on any atom is -0.328 e. The number of H-pyrrole nitrogens is 2. The third-order valence-corrected chi connectivity index (χ3v) is 2.34. The van der Waals surface area contributed by atoms with E-state index in [1.807, 2.05) is 0 Å². The highest BCUT2D eigenvalue weighted by atomic mass is 15.2. The predicted molar refractivity (Wildman–Crippen MR) is 72.0 cm³/mol. The summed E-state index contributed by atoms with van der Waals surface area (Å²) in [6.07, 6.45) is 6.61. The number of hydrogen-bond donors (Lipinski definition) is 2. The molecule has 2 aromatic heterocycles. The standard InChI is InChI=1S/C12H10N8/c1-2-10(18-20-12-15-7-8-16-12)4-3-9(1)17-19-11-13-5-6-14-11/h1-8H,(H,13,14)(H,15,16). The summed E-state index contributed by atoms with van der Waals surface area (Å²) in [6, 6.07) is 7.18. The smallest absolute Gasteiger partial charge is 0.246 e. The molecule has 0 atom stereocenters. The average Bonchev–Trinajstić information content (AvgIpc) is 3.17. The number of nitrogens with one attached hydrogen (secondary N) is 2. The summed E-state index contributed by atoms with van der Waals surface area (Å²) in [5.41, 5.74) is 1.41. The molecule has 0 unspecified atom stereocenters. The molecule has 0 fully saturated rings. The van der Waals surface area contributed by atoms with E-state index in [0.29, 0.717) is 23.3 Å². The van der Waals surface area contributed by atoms with Crippen LogP contribution in [0.3, 0.4) is 0 Å². The fourth-order valence-corrected chi connectivity index (χ4v) is 1.42. The molecule has 3 aromatic rings. The van der Waals surface area contributed by atoms with Crippen LogP contribution in [0.2, 0.25) is 0 Å². The van der Waals surface area contributed by atoms with Gasteiger partial charge in [0.05, 0.1) is 11.4 Å². The minimum atomic E-state index is 0.464. The maximum atomic E-state index is 4.04. The third-order valence-electron chi connectivity index (χ3n) is 2.34.